The van der Waals surface area contributed by atoms with Crippen molar-refractivity contribution in [1.29, 1.82) is 0 Å². The predicted molar refractivity (Wildman–Crippen MR) is 76.5 cm³/mol. The van der Waals surface area contributed by atoms with Crippen molar-refractivity contribution in [2.75, 3.05) is 0 Å². The SMILES string of the molecule is Cc1cc(C(=O)NC2c3ccccc3CC2Br)co1. The zero-order valence-corrected chi connectivity index (χ0v) is 12.1. The first kappa shape index (κ1) is 12.5. The zero-order valence-electron chi connectivity index (χ0n) is 10.5. The number of furan rings is 1. The number of hydrogen-bond donors (Lipinski definition) is 1. The lowest BCUT2D eigenvalue weighted by Gasteiger charge is -2.17. The number of amides is 1. The van der Waals surface area contributed by atoms with E-state index in [0.29, 0.717) is 5.56 Å². The predicted octanol–water partition coefficient (Wildman–Crippen LogP) is 3.38. The van der Waals surface area contributed by atoms with E-state index in [9.17, 15) is 4.79 Å². The standard InChI is InChI=1S/C15H14BrNO2/c1-9-6-11(8-19-9)15(18)17-14-12-5-3-2-4-10(12)7-13(14)16/h2-6,8,13-14H,7H2,1H3,(H,17,18). The molecule has 1 aliphatic carbocycles. The Hall–Kier alpha value is -1.55. The van der Waals surface area contributed by atoms with Crippen LogP contribution in [0.2, 0.25) is 0 Å². The topological polar surface area (TPSA) is 42.2 Å². The summed E-state index contributed by atoms with van der Waals surface area (Å²) in [5.41, 5.74) is 3.05. The molecule has 19 heavy (non-hydrogen) atoms. The van der Waals surface area contributed by atoms with Crippen LogP contribution in [0.25, 0.3) is 0 Å². The van der Waals surface area contributed by atoms with Crippen LogP contribution in [0.15, 0.2) is 41.0 Å². The van der Waals surface area contributed by atoms with Gasteiger partial charge in [-0.1, -0.05) is 40.2 Å². The maximum Gasteiger partial charge on any atom is 0.255 e. The zero-order chi connectivity index (χ0) is 13.4. The van der Waals surface area contributed by atoms with Crippen molar-refractivity contribution in [2.24, 2.45) is 0 Å². The quantitative estimate of drug-likeness (QED) is 0.862. The number of benzene rings is 1. The Bertz CT molecular complexity index is 620. The summed E-state index contributed by atoms with van der Waals surface area (Å²) in [6.45, 7) is 1.83. The van der Waals surface area contributed by atoms with Gasteiger partial charge in [0.15, 0.2) is 0 Å². The fraction of sp³-hybridized carbons (Fsp3) is 0.267. The molecule has 0 saturated heterocycles. The number of nitrogens with one attached hydrogen (secondary N) is 1. The minimum atomic E-state index is -0.0944. The Morgan fingerprint density at radius 1 is 1.42 bits per heavy atom. The van der Waals surface area contributed by atoms with Crippen LogP contribution in [0, 0.1) is 6.92 Å². The van der Waals surface area contributed by atoms with E-state index in [1.165, 1.54) is 17.4 Å². The van der Waals surface area contributed by atoms with E-state index in [1.54, 1.807) is 6.07 Å². The second-order valence-electron chi connectivity index (χ2n) is 4.82. The highest BCUT2D eigenvalue weighted by Crippen LogP contribution is 2.35. The molecule has 0 fully saturated rings. The maximum atomic E-state index is 12.2. The van der Waals surface area contributed by atoms with Crippen molar-refractivity contribution in [3.63, 3.8) is 0 Å². The van der Waals surface area contributed by atoms with Crippen molar-refractivity contribution in [3.8, 4) is 0 Å². The second kappa shape index (κ2) is 4.85. The highest BCUT2D eigenvalue weighted by molar-refractivity contribution is 9.09. The van der Waals surface area contributed by atoms with Crippen LogP contribution < -0.4 is 5.32 Å². The molecule has 98 valence electrons. The molecule has 0 aliphatic heterocycles. The summed E-state index contributed by atoms with van der Waals surface area (Å²) in [6.07, 6.45) is 2.43. The molecular weight excluding hydrogens is 306 g/mol. The summed E-state index contributed by atoms with van der Waals surface area (Å²) in [5.74, 6) is 0.648. The highest BCUT2D eigenvalue weighted by Gasteiger charge is 2.31. The van der Waals surface area contributed by atoms with Crippen molar-refractivity contribution in [3.05, 3.63) is 59.0 Å². The van der Waals surface area contributed by atoms with Gasteiger partial charge in [0.25, 0.3) is 5.91 Å². The molecule has 2 aromatic rings. The Morgan fingerprint density at radius 3 is 2.95 bits per heavy atom. The van der Waals surface area contributed by atoms with Gasteiger partial charge < -0.3 is 9.73 Å². The average Bonchev–Trinajstić information content (AvgIpc) is 2.95. The highest BCUT2D eigenvalue weighted by atomic mass is 79.9. The molecule has 1 N–H and O–H groups in total. The number of fused-ring (bicyclic) bond motifs is 1. The summed E-state index contributed by atoms with van der Waals surface area (Å²) in [5, 5.41) is 3.07. The fourth-order valence-electron chi connectivity index (χ4n) is 2.50. The number of halogens is 1. The van der Waals surface area contributed by atoms with Crippen molar-refractivity contribution in [2.45, 2.75) is 24.2 Å². The first-order valence-electron chi connectivity index (χ1n) is 6.23. The lowest BCUT2D eigenvalue weighted by atomic mass is 10.1. The van der Waals surface area contributed by atoms with E-state index in [-0.39, 0.29) is 16.8 Å². The van der Waals surface area contributed by atoms with Gasteiger partial charge in [-0.2, -0.15) is 0 Å². The minimum Gasteiger partial charge on any atom is -0.469 e. The number of carbonyl (C=O) groups excluding carboxylic acids is 1. The van der Waals surface area contributed by atoms with Gasteiger partial charge in [-0.15, -0.1) is 0 Å². The molecule has 1 aromatic heterocycles. The van der Waals surface area contributed by atoms with Crippen LogP contribution in [0.3, 0.4) is 0 Å². The van der Waals surface area contributed by atoms with Gasteiger partial charge >= 0.3 is 0 Å². The monoisotopic (exact) mass is 319 g/mol. The van der Waals surface area contributed by atoms with Crippen LogP contribution in [-0.4, -0.2) is 10.7 Å². The van der Waals surface area contributed by atoms with Gasteiger partial charge in [0.1, 0.15) is 12.0 Å². The number of aryl methyl sites for hydroxylation is 1. The third-order valence-corrected chi connectivity index (χ3v) is 4.30. The van der Waals surface area contributed by atoms with Crippen molar-refractivity contribution >= 4 is 21.8 Å². The molecule has 3 nitrogen and oxygen atoms in total. The van der Waals surface area contributed by atoms with Gasteiger partial charge in [-0.05, 0) is 30.5 Å². The summed E-state index contributed by atoms with van der Waals surface area (Å²) in [4.78, 5) is 12.4. The first-order valence-corrected chi connectivity index (χ1v) is 7.14. The Kier molecular flexibility index (Phi) is 3.19. The molecule has 4 heteroatoms. The van der Waals surface area contributed by atoms with Crippen LogP contribution in [0.1, 0.15) is 33.3 Å². The summed E-state index contributed by atoms with van der Waals surface area (Å²) in [7, 11) is 0. The molecule has 3 rings (SSSR count). The third-order valence-electron chi connectivity index (χ3n) is 3.45. The van der Waals surface area contributed by atoms with Gasteiger partial charge in [0.2, 0.25) is 0 Å². The number of carbonyl (C=O) groups is 1. The van der Waals surface area contributed by atoms with Crippen LogP contribution in [-0.2, 0) is 6.42 Å². The second-order valence-corrected chi connectivity index (χ2v) is 5.99. The molecule has 0 saturated carbocycles. The largest absolute Gasteiger partial charge is 0.469 e. The molecule has 2 unspecified atom stereocenters. The van der Waals surface area contributed by atoms with Crippen LogP contribution >= 0.6 is 15.9 Å². The Labute approximate surface area is 120 Å². The smallest absolute Gasteiger partial charge is 0.255 e. The average molecular weight is 320 g/mol. The molecule has 1 heterocycles. The molecule has 1 aliphatic rings. The van der Waals surface area contributed by atoms with Gasteiger partial charge in [-0.25, -0.2) is 0 Å². The van der Waals surface area contributed by atoms with E-state index >= 15 is 0 Å². The Balaban J connectivity index is 1.82. The van der Waals surface area contributed by atoms with Crippen LogP contribution in [0.5, 0.6) is 0 Å². The molecular formula is C15H14BrNO2. The van der Waals surface area contributed by atoms with Gasteiger partial charge in [0.05, 0.1) is 11.6 Å². The third kappa shape index (κ3) is 2.32. The normalized spacial score (nSPS) is 21.2. The van der Waals surface area contributed by atoms with E-state index < -0.39 is 0 Å². The fourth-order valence-corrected chi connectivity index (χ4v) is 3.27. The van der Waals surface area contributed by atoms with Gasteiger partial charge in [-0.3, -0.25) is 4.79 Å². The molecule has 0 spiro atoms. The minimum absolute atomic E-state index is 0.0129. The van der Waals surface area contributed by atoms with Crippen LogP contribution in [0.4, 0.5) is 0 Å². The number of rotatable bonds is 2. The molecule has 2 atom stereocenters. The number of alkyl halides is 1. The summed E-state index contributed by atoms with van der Waals surface area (Å²) in [6, 6.07) is 9.98. The maximum absolute atomic E-state index is 12.2. The van der Waals surface area contributed by atoms with E-state index in [2.05, 4.69) is 33.4 Å². The lowest BCUT2D eigenvalue weighted by Crippen LogP contribution is -2.31. The van der Waals surface area contributed by atoms with Crippen molar-refractivity contribution in [1.82, 2.24) is 5.32 Å². The number of hydrogen-bond acceptors (Lipinski definition) is 2. The first-order chi connectivity index (χ1) is 9.15. The molecule has 1 amide bonds. The van der Waals surface area contributed by atoms with Gasteiger partial charge in [0, 0.05) is 4.83 Å². The Morgan fingerprint density at radius 2 is 2.21 bits per heavy atom. The van der Waals surface area contributed by atoms with Crippen molar-refractivity contribution < 1.29 is 9.21 Å². The lowest BCUT2D eigenvalue weighted by molar-refractivity contribution is 0.0937. The summed E-state index contributed by atoms with van der Waals surface area (Å²) < 4.78 is 5.17. The molecule has 0 radical (unpaired) electrons. The van der Waals surface area contributed by atoms with E-state index in [0.717, 1.165) is 12.2 Å². The van der Waals surface area contributed by atoms with E-state index in [1.807, 2.05) is 19.1 Å². The summed E-state index contributed by atoms with van der Waals surface area (Å²) >= 11 is 3.65. The molecule has 1 aromatic carbocycles. The van der Waals surface area contributed by atoms with E-state index in [4.69, 9.17) is 4.42 Å². The molecule has 0 bridgehead atoms.